The second kappa shape index (κ2) is 4.78. The lowest BCUT2D eigenvalue weighted by Crippen LogP contribution is -2.22. The Labute approximate surface area is 110 Å². The number of hydrogen-bond acceptors (Lipinski definition) is 2. The maximum Gasteiger partial charge on any atom is 0.132 e. The van der Waals surface area contributed by atoms with Crippen LogP contribution in [-0.2, 0) is 6.42 Å². The van der Waals surface area contributed by atoms with Crippen molar-refractivity contribution in [3.63, 3.8) is 0 Å². The van der Waals surface area contributed by atoms with E-state index >= 15 is 0 Å². The largest absolute Gasteiger partial charge is 0.303 e. The third-order valence-electron chi connectivity index (χ3n) is 3.43. The number of pyridine rings is 1. The van der Waals surface area contributed by atoms with Gasteiger partial charge in [-0.3, -0.25) is 0 Å². The van der Waals surface area contributed by atoms with Crippen LogP contribution < -0.4 is 0 Å². The number of fused-ring (bicyclic) bond motifs is 1. The standard InChI is InChI=1S/C13H16BrN3/c14-13-11-5-1-2-9-17(11)12(15-13)6-10-16-7-3-4-8-16/h1-2,5,9H,3-4,6-8,10H2. The molecule has 3 nitrogen and oxygen atoms in total. The van der Waals surface area contributed by atoms with Crippen molar-refractivity contribution in [2.75, 3.05) is 19.6 Å². The minimum absolute atomic E-state index is 0.953. The zero-order chi connectivity index (χ0) is 11.7. The molecule has 0 unspecified atom stereocenters. The molecule has 0 amide bonds. The van der Waals surface area contributed by atoms with Gasteiger partial charge in [-0.25, -0.2) is 4.98 Å². The van der Waals surface area contributed by atoms with E-state index in [1.165, 1.54) is 25.9 Å². The molecule has 2 aromatic heterocycles. The average Bonchev–Trinajstić information content (AvgIpc) is 2.96. The fourth-order valence-corrected chi connectivity index (χ4v) is 3.03. The first-order valence-electron chi connectivity index (χ1n) is 6.18. The molecular formula is C13H16BrN3. The van der Waals surface area contributed by atoms with E-state index in [9.17, 15) is 0 Å². The van der Waals surface area contributed by atoms with Gasteiger partial charge in [0.1, 0.15) is 10.4 Å². The van der Waals surface area contributed by atoms with Crippen molar-refractivity contribution in [2.45, 2.75) is 19.3 Å². The molecule has 3 heterocycles. The average molecular weight is 294 g/mol. The Bertz CT molecular complexity index is 514. The van der Waals surface area contributed by atoms with Crippen molar-refractivity contribution in [3.8, 4) is 0 Å². The molecule has 0 radical (unpaired) electrons. The summed E-state index contributed by atoms with van der Waals surface area (Å²) < 4.78 is 3.13. The summed E-state index contributed by atoms with van der Waals surface area (Å²) in [6, 6.07) is 6.20. The quantitative estimate of drug-likeness (QED) is 0.867. The molecule has 0 bridgehead atoms. The first-order chi connectivity index (χ1) is 8.34. The van der Waals surface area contributed by atoms with Crippen LogP contribution in [0.5, 0.6) is 0 Å². The van der Waals surface area contributed by atoms with E-state index in [0.717, 1.165) is 28.9 Å². The van der Waals surface area contributed by atoms with Gasteiger partial charge in [-0.15, -0.1) is 0 Å². The molecule has 0 aromatic carbocycles. The second-order valence-electron chi connectivity index (χ2n) is 4.57. The molecule has 0 atom stereocenters. The first-order valence-corrected chi connectivity index (χ1v) is 6.98. The molecule has 90 valence electrons. The van der Waals surface area contributed by atoms with Crippen molar-refractivity contribution in [2.24, 2.45) is 0 Å². The predicted octanol–water partition coefficient (Wildman–Crippen LogP) is 2.74. The van der Waals surface area contributed by atoms with Crippen molar-refractivity contribution in [1.29, 1.82) is 0 Å². The summed E-state index contributed by atoms with van der Waals surface area (Å²) in [6.07, 6.45) is 5.82. The smallest absolute Gasteiger partial charge is 0.132 e. The van der Waals surface area contributed by atoms with Crippen molar-refractivity contribution < 1.29 is 0 Å². The van der Waals surface area contributed by atoms with E-state index in [4.69, 9.17) is 0 Å². The van der Waals surface area contributed by atoms with Crippen molar-refractivity contribution in [3.05, 3.63) is 34.8 Å². The number of rotatable bonds is 3. The summed E-state index contributed by atoms with van der Waals surface area (Å²) in [5, 5.41) is 0. The molecule has 1 aliphatic heterocycles. The summed E-state index contributed by atoms with van der Waals surface area (Å²) in [4.78, 5) is 7.13. The van der Waals surface area contributed by atoms with Crippen LogP contribution >= 0.6 is 15.9 Å². The molecule has 0 aliphatic carbocycles. The number of nitrogens with zero attached hydrogens (tertiary/aromatic N) is 3. The van der Waals surface area contributed by atoms with Crippen molar-refractivity contribution in [1.82, 2.24) is 14.3 Å². The third-order valence-corrected chi connectivity index (χ3v) is 4.01. The second-order valence-corrected chi connectivity index (χ2v) is 5.32. The van der Waals surface area contributed by atoms with Gasteiger partial charge in [0.25, 0.3) is 0 Å². The fourth-order valence-electron chi connectivity index (χ4n) is 2.50. The van der Waals surface area contributed by atoms with Gasteiger partial charge in [0.2, 0.25) is 0 Å². The molecule has 2 aromatic rings. The van der Waals surface area contributed by atoms with Gasteiger partial charge < -0.3 is 9.30 Å². The monoisotopic (exact) mass is 293 g/mol. The Hall–Kier alpha value is -0.870. The molecule has 3 rings (SSSR count). The summed E-state index contributed by atoms with van der Waals surface area (Å²) >= 11 is 3.53. The van der Waals surface area contributed by atoms with Crippen LogP contribution in [0.3, 0.4) is 0 Å². The van der Waals surface area contributed by atoms with Gasteiger partial charge in [0.15, 0.2) is 0 Å². The SMILES string of the molecule is Brc1nc(CCN2CCCC2)n2ccccc12. The van der Waals surface area contributed by atoms with E-state index in [0.29, 0.717) is 0 Å². The number of imidazole rings is 1. The minimum atomic E-state index is 0.953. The Kier molecular flexibility index (Phi) is 3.16. The molecular weight excluding hydrogens is 278 g/mol. The number of hydrogen-bond donors (Lipinski definition) is 0. The third kappa shape index (κ3) is 2.24. The molecule has 1 fully saturated rings. The number of aromatic nitrogens is 2. The van der Waals surface area contributed by atoms with Gasteiger partial charge >= 0.3 is 0 Å². The van der Waals surface area contributed by atoms with E-state index in [1.54, 1.807) is 0 Å². The van der Waals surface area contributed by atoms with Gasteiger partial charge in [-0.2, -0.15) is 0 Å². The zero-order valence-corrected chi connectivity index (χ0v) is 11.4. The summed E-state index contributed by atoms with van der Waals surface area (Å²) in [6.45, 7) is 3.63. The molecule has 1 aliphatic rings. The highest BCUT2D eigenvalue weighted by Gasteiger charge is 2.13. The highest BCUT2D eigenvalue weighted by Crippen LogP contribution is 2.19. The van der Waals surface area contributed by atoms with Gasteiger partial charge in [-0.05, 0) is 54.0 Å². The summed E-state index contributed by atoms with van der Waals surface area (Å²) in [5.41, 5.74) is 1.16. The highest BCUT2D eigenvalue weighted by atomic mass is 79.9. The van der Waals surface area contributed by atoms with Crippen LogP contribution in [0.4, 0.5) is 0 Å². The molecule has 1 saturated heterocycles. The molecule has 4 heteroatoms. The topological polar surface area (TPSA) is 20.5 Å². The Balaban J connectivity index is 1.80. The zero-order valence-electron chi connectivity index (χ0n) is 9.77. The van der Waals surface area contributed by atoms with E-state index in [1.807, 2.05) is 6.07 Å². The lowest BCUT2D eigenvalue weighted by Gasteiger charge is -2.13. The normalized spacial score (nSPS) is 17.0. The minimum Gasteiger partial charge on any atom is -0.303 e. The van der Waals surface area contributed by atoms with Gasteiger partial charge in [-0.1, -0.05) is 6.07 Å². The molecule has 0 N–H and O–H groups in total. The maximum atomic E-state index is 4.60. The van der Waals surface area contributed by atoms with E-state index < -0.39 is 0 Å². The van der Waals surface area contributed by atoms with Crippen LogP contribution in [0.2, 0.25) is 0 Å². The summed E-state index contributed by atoms with van der Waals surface area (Å²) in [5.74, 6) is 1.15. The van der Waals surface area contributed by atoms with E-state index in [-0.39, 0.29) is 0 Å². The van der Waals surface area contributed by atoms with Crippen LogP contribution in [0, 0.1) is 0 Å². The highest BCUT2D eigenvalue weighted by molar-refractivity contribution is 9.10. The summed E-state index contributed by atoms with van der Waals surface area (Å²) in [7, 11) is 0. The van der Waals surface area contributed by atoms with Crippen LogP contribution in [0.1, 0.15) is 18.7 Å². The van der Waals surface area contributed by atoms with Crippen molar-refractivity contribution >= 4 is 21.4 Å². The Morgan fingerprint density at radius 2 is 2.06 bits per heavy atom. The Morgan fingerprint density at radius 1 is 1.24 bits per heavy atom. The van der Waals surface area contributed by atoms with E-state index in [2.05, 4.69) is 48.5 Å². The molecule has 17 heavy (non-hydrogen) atoms. The lowest BCUT2D eigenvalue weighted by molar-refractivity contribution is 0.340. The van der Waals surface area contributed by atoms with Crippen LogP contribution in [0.25, 0.3) is 5.52 Å². The van der Waals surface area contributed by atoms with Crippen LogP contribution in [-0.4, -0.2) is 33.9 Å². The molecule has 0 saturated carbocycles. The predicted molar refractivity (Wildman–Crippen MR) is 72.3 cm³/mol. The van der Waals surface area contributed by atoms with Crippen LogP contribution in [0.15, 0.2) is 29.0 Å². The Morgan fingerprint density at radius 3 is 2.88 bits per heavy atom. The molecule has 0 spiro atoms. The van der Waals surface area contributed by atoms with Gasteiger partial charge in [0, 0.05) is 19.2 Å². The van der Waals surface area contributed by atoms with Gasteiger partial charge in [0.05, 0.1) is 5.52 Å². The first kappa shape index (κ1) is 11.2. The fraction of sp³-hybridized carbons (Fsp3) is 0.462. The number of likely N-dealkylation sites (tertiary alicyclic amines) is 1. The number of halogens is 1. The lowest BCUT2D eigenvalue weighted by atomic mass is 10.3. The maximum absolute atomic E-state index is 4.60.